The highest BCUT2D eigenvalue weighted by atomic mass is 32.2. The van der Waals surface area contributed by atoms with Crippen LogP contribution in [0.5, 0.6) is 0 Å². The molecule has 0 aliphatic carbocycles. The average molecular weight is 487 g/mol. The summed E-state index contributed by atoms with van der Waals surface area (Å²) in [5.41, 5.74) is 2.43. The second-order valence-electron chi connectivity index (χ2n) is 8.55. The van der Waals surface area contributed by atoms with Gasteiger partial charge in [0.15, 0.2) is 0 Å². The van der Waals surface area contributed by atoms with Gasteiger partial charge in [0.05, 0.1) is 28.7 Å². The number of hydrogen-bond donors (Lipinski definition) is 1. The summed E-state index contributed by atoms with van der Waals surface area (Å²) < 4.78 is 32.6. The first-order valence-corrected chi connectivity index (χ1v) is 12.4. The first-order chi connectivity index (χ1) is 16.1. The van der Waals surface area contributed by atoms with E-state index in [4.69, 9.17) is 4.74 Å². The van der Waals surface area contributed by atoms with Crippen molar-refractivity contribution >= 4 is 27.8 Å². The fourth-order valence-corrected chi connectivity index (χ4v) is 5.92. The third-order valence-corrected chi connectivity index (χ3v) is 8.11. The Morgan fingerprint density at radius 2 is 1.71 bits per heavy atom. The van der Waals surface area contributed by atoms with Crippen molar-refractivity contribution in [2.45, 2.75) is 43.7 Å². The molecule has 10 heteroatoms. The molecule has 180 valence electrons. The second kappa shape index (κ2) is 9.28. The predicted octanol–water partition coefficient (Wildman–Crippen LogP) is 1.66. The Kier molecular flexibility index (Phi) is 6.57. The summed E-state index contributed by atoms with van der Waals surface area (Å²) >= 11 is 0. The van der Waals surface area contributed by atoms with E-state index in [2.05, 4.69) is 0 Å². The minimum absolute atomic E-state index is 0.0492. The summed E-state index contributed by atoms with van der Waals surface area (Å²) in [6.45, 7) is 3.43. The third kappa shape index (κ3) is 4.36. The lowest BCUT2D eigenvalue weighted by Crippen LogP contribution is -2.41. The molecule has 1 fully saturated rings. The molecule has 4 rings (SSSR count). The molecule has 0 saturated carbocycles. The number of amides is 2. The smallest absolute Gasteiger partial charge is 0.324 e. The minimum atomic E-state index is -4.02. The van der Waals surface area contributed by atoms with E-state index in [1.807, 2.05) is 6.92 Å². The number of aliphatic hydroxyl groups excluding tert-OH is 1. The number of rotatable bonds is 7. The van der Waals surface area contributed by atoms with Crippen LogP contribution in [0.1, 0.15) is 44.7 Å². The van der Waals surface area contributed by atoms with E-state index < -0.39 is 40.0 Å². The third-order valence-electron chi connectivity index (χ3n) is 6.24. The number of fused-ring (bicyclic) bond motifs is 1. The maximum Gasteiger partial charge on any atom is 0.324 e. The number of carbonyl (C=O) groups is 3. The number of sulfonamides is 1. The van der Waals surface area contributed by atoms with Crippen molar-refractivity contribution in [1.29, 1.82) is 0 Å². The van der Waals surface area contributed by atoms with E-state index in [0.29, 0.717) is 11.1 Å². The van der Waals surface area contributed by atoms with Gasteiger partial charge in [-0.25, -0.2) is 8.42 Å². The fourth-order valence-electron chi connectivity index (χ4n) is 4.21. The molecule has 2 atom stereocenters. The van der Waals surface area contributed by atoms with E-state index in [9.17, 15) is 27.9 Å². The molecule has 2 aliphatic rings. The summed E-state index contributed by atoms with van der Waals surface area (Å²) in [5.74, 6) is -1.56. The molecule has 1 saturated heterocycles. The Balaban J connectivity index is 1.37. The van der Waals surface area contributed by atoms with Gasteiger partial charge in [0.1, 0.15) is 6.04 Å². The van der Waals surface area contributed by atoms with E-state index in [1.165, 1.54) is 6.07 Å². The average Bonchev–Trinajstić information content (AvgIpc) is 3.32. The van der Waals surface area contributed by atoms with Crippen LogP contribution in [0.15, 0.2) is 47.4 Å². The lowest BCUT2D eigenvalue weighted by Gasteiger charge is -2.23. The predicted molar refractivity (Wildman–Crippen MR) is 122 cm³/mol. The molecular formula is C24H26N2O7S. The SMILES string of the molecule is Cc1ccc(S(=O)(=O)N2CC(O)C[C@H]2C(=O)OCCCN2C(=O)c3ccccc3C2=O)cc1C. The van der Waals surface area contributed by atoms with Gasteiger partial charge in [0.2, 0.25) is 10.0 Å². The van der Waals surface area contributed by atoms with Crippen LogP contribution >= 0.6 is 0 Å². The number of nitrogens with zero attached hydrogens (tertiary/aromatic N) is 2. The molecule has 9 nitrogen and oxygen atoms in total. The number of imide groups is 1. The summed E-state index contributed by atoms with van der Waals surface area (Å²) in [7, 11) is -4.02. The first kappa shape index (κ1) is 24.1. The highest BCUT2D eigenvalue weighted by molar-refractivity contribution is 7.89. The highest BCUT2D eigenvalue weighted by Gasteiger charge is 2.44. The molecule has 2 heterocycles. The van der Waals surface area contributed by atoms with Crippen molar-refractivity contribution in [3.05, 3.63) is 64.7 Å². The molecule has 0 radical (unpaired) electrons. The number of ether oxygens (including phenoxy) is 1. The van der Waals surface area contributed by atoms with Crippen LogP contribution in [0.25, 0.3) is 0 Å². The topological polar surface area (TPSA) is 121 Å². The molecule has 1 unspecified atom stereocenters. The van der Waals surface area contributed by atoms with Crippen LogP contribution in [0.2, 0.25) is 0 Å². The lowest BCUT2D eigenvalue weighted by molar-refractivity contribution is -0.147. The van der Waals surface area contributed by atoms with Gasteiger partial charge in [0, 0.05) is 19.5 Å². The molecule has 0 aromatic heterocycles. The summed E-state index contributed by atoms with van der Waals surface area (Å²) in [4.78, 5) is 38.7. The van der Waals surface area contributed by atoms with Crippen molar-refractivity contribution in [3.8, 4) is 0 Å². The van der Waals surface area contributed by atoms with E-state index in [1.54, 1.807) is 43.3 Å². The number of carbonyl (C=O) groups excluding carboxylic acids is 3. The molecular weight excluding hydrogens is 460 g/mol. The maximum absolute atomic E-state index is 13.2. The zero-order chi connectivity index (χ0) is 24.6. The van der Waals surface area contributed by atoms with Gasteiger partial charge in [-0.3, -0.25) is 19.3 Å². The monoisotopic (exact) mass is 486 g/mol. The molecule has 1 N–H and O–H groups in total. The van der Waals surface area contributed by atoms with Crippen LogP contribution in [-0.2, 0) is 19.6 Å². The number of aryl methyl sites for hydroxylation is 2. The lowest BCUT2D eigenvalue weighted by atomic mass is 10.1. The zero-order valence-corrected chi connectivity index (χ0v) is 19.7. The van der Waals surface area contributed by atoms with Gasteiger partial charge in [-0.15, -0.1) is 0 Å². The number of esters is 1. The molecule has 0 bridgehead atoms. The zero-order valence-electron chi connectivity index (χ0n) is 18.9. The Labute approximate surface area is 198 Å². The van der Waals surface area contributed by atoms with Crippen LogP contribution in [-0.4, -0.2) is 72.4 Å². The number of benzene rings is 2. The van der Waals surface area contributed by atoms with Crippen LogP contribution < -0.4 is 0 Å². The summed E-state index contributed by atoms with van der Waals surface area (Å²) in [6, 6.07) is 10.1. The number of hydrogen-bond acceptors (Lipinski definition) is 7. The van der Waals surface area contributed by atoms with Gasteiger partial charge in [-0.2, -0.15) is 4.31 Å². The van der Waals surface area contributed by atoms with Crippen molar-refractivity contribution in [1.82, 2.24) is 9.21 Å². The number of β-amino-alcohol motifs (C(OH)–C–C–N with tert-alkyl or cyclic N) is 1. The van der Waals surface area contributed by atoms with Crippen LogP contribution in [0.4, 0.5) is 0 Å². The van der Waals surface area contributed by atoms with Crippen LogP contribution in [0.3, 0.4) is 0 Å². The Hall–Kier alpha value is -3.08. The quantitative estimate of drug-likeness (QED) is 0.359. The van der Waals surface area contributed by atoms with E-state index >= 15 is 0 Å². The molecule has 2 amide bonds. The Bertz CT molecular complexity index is 1220. The molecule has 2 aliphatic heterocycles. The standard InChI is InChI=1S/C24H26N2O7S/c1-15-8-9-18(12-16(15)2)34(31,32)26-14-17(27)13-21(26)24(30)33-11-5-10-25-22(28)19-6-3-4-7-20(19)23(25)29/h3-4,6-9,12,17,21,27H,5,10-11,13-14H2,1-2H3/t17?,21-/m0/s1. The summed E-state index contributed by atoms with van der Waals surface area (Å²) in [5, 5.41) is 10.1. The first-order valence-electron chi connectivity index (χ1n) is 11.0. The number of aliphatic hydroxyl groups is 1. The van der Waals surface area contributed by atoms with Gasteiger partial charge in [-0.05, 0) is 55.7 Å². The van der Waals surface area contributed by atoms with Crippen molar-refractivity contribution in [2.75, 3.05) is 19.7 Å². The van der Waals surface area contributed by atoms with Crippen molar-refractivity contribution in [2.24, 2.45) is 0 Å². The van der Waals surface area contributed by atoms with Crippen molar-refractivity contribution < 1.29 is 32.6 Å². The molecule has 0 spiro atoms. The minimum Gasteiger partial charge on any atom is -0.464 e. The normalized spacial score (nSPS) is 20.6. The van der Waals surface area contributed by atoms with Gasteiger partial charge in [-0.1, -0.05) is 18.2 Å². The van der Waals surface area contributed by atoms with E-state index in [0.717, 1.165) is 20.3 Å². The van der Waals surface area contributed by atoms with Crippen molar-refractivity contribution in [3.63, 3.8) is 0 Å². The molecule has 2 aromatic carbocycles. The Morgan fingerprint density at radius 3 is 2.32 bits per heavy atom. The largest absolute Gasteiger partial charge is 0.464 e. The molecule has 2 aromatic rings. The highest BCUT2D eigenvalue weighted by Crippen LogP contribution is 2.28. The van der Waals surface area contributed by atoms with Gasteiger partial charge in [0.25, 0.3) is 11.8 Å². The van der Waals surface area contributed by atoms with Crippen LogP contribution in [0, 0.1) is 13.8 Å². The second-order valence-corrected chi connectivity index (χ2v) is 10.4. The molecule has 34 heavy (non-hydrogen) atoms. The Morgan fingerprint density at radius 1 is 1.06 bits per heavy atom. The van der Waals surface area contributed by atoms with Gasteiger partial charge < -0.3 is 9.84 Å². The van der Waals surface area contributed by atoms with E-state index in [-0.39, 0.29) is 37.4 Å². The van der Waals surface area contributed by atoms with Gasteiger partial charge >= 0.3 is 5.97 Å². The summed E-state index contributed by atoms with van der Waals surface area (Å²) in [6.07, 6.45) is -0.852. The fraction of sp³-hybridized carbons (Fsp3) is 0.375. The maximum atomic E-state index is 13.2.